The van der Waals surface area contributed by atoms with E-state index in [4.69, 9.17) is 0 Å². The smallest absolute Gasteiger partial charge is 0.000718 e. The molecule has 0 bridgehead atoms. The Hall–Kier alpha value is -6.24. The SMILES string of the molecule is Cc1cc(C)c(-c2ccc3c4c(-c5cc(C(C)(C)C)cc(C(C)(C)C)c5)c5c(cc6c7ccccc7c7cccc5c76)c(-c5cc(C(C)(C)C)cc(C(C)(C)C)c5)c4c4cccc2c43)c(C)c1. The summed E-state index contributed by atoms with van der Waals surface area (Å²) in [6, 6.07) is 50.8. The van der Waals surface area contributed by atoms with Crippen LogP contribution in [-0.2, 0) is 21.7 Å². The van der Waals surface area contributed by atoms with E-state index in [-0.39, 0.29) is 21.7 Å². The fourth-order valence-corrected chi connectivity index (χ4v) is 11.9. The highest BCUT2D eigenvalue weighted by atomic mass is 14.3. The first-order valence-corrected chi connectivity index (χ1v) is 24.7. The van der Waals surface area contributed by atoms with Crippen molar-refractivity contribution in [3.05, 3.63) is 166 Å². The van der Waals surface area contributed by atoms with E-state index >= 15 is 0 Å². The van der Waals surface area contributed by atoms with Crippen molar-refractivity contribution >= 4 is 75.4 Å². The van der Waals surface area contributed by atoms with E-state index in [0.717, 1.165) is 0 Å². The second kappa shape index (κ2) is 14.4. The number of hydrogen-bond donors (Lipinski definition) is 0. The first kappa shape index (κ1) is 43.3. The molecule has 334 valence electrons. The predicted molar refractivity (Wildman–Crippen MR) is 297 cm³/mol. The molecule has 11 rings (SSSR count). The van der Waals surface area contributed by atoms with Gasteiger partial charge in [0.15, 0.2) is 0 Å². The quantitative estimate of drug-likeness (QED) is 0.155. The third-order valence-corrected chi connectivity index (χ3v) is 15.4. The van der Waals surface area contributed by atoms with Crippen LogP contribution in [0.2, 0.25) is 0 Å². The van der Waals surface area contributed by atoms with Crippen LogP contribution in [0.15, 0.2) is 127 Å². The second-order valence-electron chi connectivity index (χ2n) is 24.4. The third kappa shape index (κ3) is 6.60. The fourth-order valence-electron chi connectivity index (χ4n) is 11.9. The molecule has 0 aliphatic heterocycles. The van der Waals surface area contributed by atoms with Crippen LogP contribution in [0.4, 0.5) is 0 Å². The molecule has 0 radical (unpaired) electrons. The van der Waals surface area contributed by atoms with Gasteiger partial charge in [-0.1, -0.05) is 210 Å². The Morgan fingerprint density at radius 2 is 0.672 bits per heavy atom. The Morgan fingerprint density at radius 1 is 0.269 bits per heavy atom. The van der Waals surface area contributed by atoms with Crippen molar-refractivity contribution in [1.82, 2.24) is 0 Å². The lowest BCUT2D eigenvalue weighted by molar-refractivity contribution is 0.568. The minimum atomic E-state index is -0.0553. The van der Waals surface area contributed by atoms with E-state index in [1.807, 2.05) is 0 Å². The van der Waals surface area contributed by atoms with Gasteiger partial charge in [-0.3, -0.25) is 0 Å². The van der Waals surface area contributed by atoms with Gasteiger partial charge in [0.05, 0.1) is 0 Å². The van der Waals surface area contributed by atoms with Gasteiger partial charge in [0.2, 0.25) is 0 Å². The monoisotopic (exact) mass is 871 g/mol. The van der Waals surface area contributed by atoms with Crippen LogP contribution in [0, 0.1) is 20.8 Å². The molecule has 0 saturated carbocycles. The van der Waals surface area contributed by atoms with Crippen molar-refractivity contribution in [3.8, 4) is 33.4 Å². The van der Waals surface area contributed by atoms with E-state index in [0.29, 0.717) is 0 Å². The standard InChI is InChI=1S/C67H66/c1-37-28-38(2)56(39(3)29-37)50-26-27-53-59-49(50)23-19-25-52(59)62-57(40-30-42(64(4,5)6)34-43(31-40)65(7,8)9)55-36-54-47-21-17-16-20-46(47)48-22-18-24-51(60(48)54)61(55)58(63(53)62)41-32-44(66(10,11)12)35-45(33-41)67(13,14)15/h16-36H,1-15H3. The van der Waals surface area contributed by atoms with E-state index < -0.39 is 0 Å². The van der Waals surface area contributed by atoms with E-state index in [1.165, 1.54) is 148 Å². The van der Waals surface area contributed by atoms with Crippen molar-refractivity contribution in [2.24, 2.45) is 0 Å². The second-order valence-corrected chi connectivity index (χ2v) is 24.4. The van der Waals surface area contributed by atoms with Gasteiger partial charge in [0.1, 0.15) is 0 Å². The molecule has 11 aromatic carbocycles. The lowest BCUT2D eigenvalue weighted by Crippen LogP contribution is -2.16. The van der Waals surface area contributed by atoms with Crippen LogP contribution in [0.3, 0.4) is 0 Å². The predicted octanol–water partition coefficient (Wildman–Crippen LogP) is 19.8. The van der Waals surface area contributed by atoms with Crippen molar-refractivity contribution in [2.45, 2.75) is 126 Å². The summed E-state index contributed by atoms with van der Waals surface area (Å²) in [7, 11) is 0. The Balaban J connectivity index is 1.48. The Bertz CT molecular complexity index is 3750. The number of aryl methyl sites for hydroxylation is 3. The zero-order valence-electron chi connectivity index (χ0n) is 42.6. The Morgan fingerprint density at radius 3 is 1.19 bits per heavy atom. The van der Waals surface area contributed by atoms with E-state index in [1.54, 1.807) is 0 Å². The molecule has 0 aromatic heterocycles. The van der Waals surface area contributed by atoms with Crippen molar-refractivity contribution in [2.75, 3.05) is 0 Å². The lowest BCUT2D eigenvalue weighted by atomic mass is 9.76. The summed E-state index contributed by atoms with van der Waals surface area (Å²) in [5.41, 5.74) is 17.2. The molecule has 0 heterocycles. The maximum Gasteiger partial charge on any atom is -0.000718 e. The summed E-state index contributed by atoms with van der Waals surface area (Å²) in [6.07, 6.45) is 0. The van der Waals surface area contributed by atoms with Gasteiger partial charge in [-0.05, 0) is 191 Å². The van der Waals surface area contributed by atoms with Gasteiger partial charge in [-0.25, -0.2) is 0 Å². The molecule has 0 aliphatic carbocycles. The molecule has 0 heteroatoms. The van der Waals surface area contributed by atoms with Crippen LogP contribution < -0.4 is 0 Å². The summed E-state index contributed by atoms with van der Waals surface area (Å²) in [5, 5.41) is 18.8. The summed E-state index contributed by atoms with van der Waals surface area (Å²) in [6.45, 7) is 35.3. The van der Waals surface area contributed by atoms with E-state index in [2.05, 4.69) is 231 Å². The van der Waals surface area contributed by atoms with E-state index in [9.17, 15) is 0 Å². The summed E-state index contributed by atoms with van der Waals surface area (Å²) >= 11 is 0. The zero-order valence-corrected chi connectivity index (χ0v) is 42.6. The van der Waals surface area contributed by atoms with Crippen LogP contribution in [-0.4, -0.2) is 0 Å². The number of rotatable bonds is 3. The van der Waals surface area contributed by atoms with Crippen LogP contribution in [0.5, 0.6) is 0 Å². The molecular formula is C67H66. The molecule has 0 atom stereocenters. The highest BCUT2D eigenvalue weighted by Gasteiger charge is 2.31. The zero-order chi connectivity index (χ0) is 47.4. The number of fused-ring (bicyclic) bond motifs is 8. The molecule has 0 N–H and O–H groups in total. The van der Waals surface area contributed by atoms with Gasteiger partial charge >= 0.3 is 0 Å². The maximum atomic E-state index is 2.61. The van der Waals surface area contributed by atoms with Crippen LogP contribution in [0.25, 0.3) is 109 Å². The number of benzene rings is 9. The first-order valence-electron chi connectivity index (χ1n) is 24.7. The first-order chi connectivity index (χ1) is 31.5. The summed E-state index contributed by atoms with van der Waals surface area (Å²) in [5.74, 6) is 0. The molecule has 0 fully saturated rings. The van der Waals surface area contributed by atoms with Gasteiger partial charge < -0.3 is 0 Å². The lowest BCUT2D eigenvalue weighted by Gasteiger charge is -2.28. The normalized spacial score (nSPS) is 13.3. The number of hydrogen-bond acceptors (Lipinski definition) is 0. The average Bonchev–Trinajstić information content (AvgIpc) is 3.75. The fraction of sp³-hybridized carbons (Fsp3) is 0.284. The van der Waals surface area contributed by atoms with Crippen molar-refractivity contribution in [1.29, 1.82) is 0 Å². The van der Waals surface area contributed by atoms with Gasteiger partial charge in [-0.15, -0.1) is 0 Å². The highest BCUT2D eigenvalue weighted by Crippen LogP contribution is 2.56. The van der Waals surface area contributed by atoms with Gasteiger partial charge in [0.25, 0.3) is 0 Å². The van der Waals surface area contributed by atoms with Gasteiger partial charge in [0, 0.05) is 0 Å². The topological polar surface area (TPSA) is 0 Å². The molecule has 0 spiro atoms. The Labute approximate surface area is 398 Å². The summed E-state index contributed by atoms with van der Waals surface area (Å²) < 4.78 is 0. The molecule has 0 aliphatic rings. The highest BCUT2D eigenvalue weighted by molar-refractivity contribution is 6.45. The van der Waals surface area contributed by atoms with Crippen LogP contribution in [0.1, 0.15) is 122 Å². The van der Waals surface area contributed by atoms with Crippen molar-refractivity contribution in [3.63, 3.8) is 0 Å². The molecule has 67 heavy (non-hydrogen) atoms. The average molecular weight is 871 g/mol. The molecule has 0 amide bonds. The molecular weight excluding hydrogens is 805 g/mol. The molecule has 0 saturated heterocycles. The summed E-state index contributed by atoms with van der Waals surface area (Å²) in [4.78, 5) is 0. The maximum absolute atomic E-state index is 2.61. The minimum Gasteiger partial charge on any atom is -0.0616 e. The largest absolute Gasteiger partial charge is 0.0616 e. The molecule has 11 aromatic rings. The third-order valence-electron chi connectivity index (χ3n) is 15.4. The molecule has 0 nitrogen and oxygen atoms in total. The van der Waals surface area contributed by atoms with Crippen LogP contribution >= 0.6 is 0 Å². The Kier molecular flexibility index (Phi) is 9.31. The molecule has 0 unspecified atom stereocenters. The van der Waals surface area contributed by atoms with Gasteiger partial charge in [-0.2, -0.15) is 0 Å². The van der Waals surface area contributed by atoms with Crippen molar-refractivity contribution < 1.29 is 0 Å². The minimum absolute atomic E-state index is 0.0536.